The van der Waals surface area contributed by atoms with E-state index in [1.165, 1.54) is 0 Å². The molecule has 1 atom stereocenters. The average molecular weight is 282 g/mol. The second kappa shape index (κ2) is 6.45. The number of nitro groups is 1. The van der Waals surface area contributed by atoms with Gasteiger partial charge in [-0.05, 0) is 13.3 Å². The molecule has 0 saturated heterocycles. The smallest absolute Gasteiger partial charge is 0.303 e. The van der Waals surface area contributed by atoms with Gasteiger partial charge in [-0.25, -0.2) is 4.98 Å². The van der Waals surface area contributed by atoms with Crippen molar-refractivity contribution in [3.05, 3.63) is 27.9 Å². The minimum absolute atomic E-state index is 0.0486. The van der Waals surface area contributed by atoms with E-state index < -0.39 is 16.8 Å². The summed E-state index contributed by atoms with van der Waals surface area (Å²) in [6, 6.07) is 0.750. The van der Waals surface area contributed by atoms with E-state index in [1.807, 2.05) is 0 Å². The Kier molecular flexibility index (Phi) is 4.95. The van der Waals surface area contributed by atoms with E-state index in [0.29, 0.717) is 6.42 Å². The van der Waals surface area contributed by atoms with Crippen molar-refractivity contribution in [3.63, 3.8) is 0 Å². The number of primary amides is 1. The normalized spacial score (nSPS) is 11.7. The molecule has 0 bridgehead atoms. The van der Waals surface area contributed by atoms with Gasteiger partial charge in [0, 0.05) is 18.5 Å². The van der Waals surface area contributed by atoms with Crippen molar-refractivity contribution in [3.8, 4) is 0 Å². The Balaban J connectivity index is 2.91. The van der Waals surface area contributed by atoms with Gasteiger partial charge in [-0.3, -0.25) is 19.7 Å². The summed E-state index contributed by atoms with van der Waals surface area (Å²) in [5.74, 6) is -1.69. The number of carbonyl (C=O) groups is 2. The Morgan fingerprint density at radius 2 is 2.25 bits per heavy atom. The molecule has 0 spiro atoms. The number of nitrogens with zero attached hydrogens (tertiary/aromatic N) is 2. The number of amides is 1. The third-order valence-electron chi connectivity index (χ3n) is 2.52. The van der Waals surface area contributed by atoms with Gasteiger partial charge in [0.25, 0.3) is 11.6 Å². The lowest BCUT2D eigenvalue weighted by molar-refractivity contribution is -0.385. The Morgan fingerprint density at radius 1 is 1.60 bits per heavy atom. The third-order valence-corrected chi connectivity index (χ3v) is 2.52. The van der Waals surface area contributed by atoms with Crippen molar-refractivity contribution >= 4 is 23.4 Å². The first kappa shape index (κ1) is 15.3. The average Bonchev–Trinajstić information content (AvgIpc) is 2.36. The van der Waals surface area contributed by atoms with Crippen LogP contribution in [0.3, 0.4) is 0 Å². The van der Waals surface area contributed by atoms with Gasteiger partial charge in [0.15, 0.2) is 0 Å². The number of carboxylic acid groups (broad SMARTS) is 1. The van der Waals surface area contributed by atoms with E-state index in [-0.39, 0.29) is 29.5 Å². The first-order valence-electron chi connectivity index (χ1n) is 5.73. The Labute approximate surface area is 114 Å². The van der Waals surface area contributed by atoms with Crippen molar-refractivity contribution in [2.75, 3.05) is 5.32 Å². The molecule has 0 fully saturated rings. The highest BCUT2D eigenvalue weighted by atomic mass is 16.6. The van der Waals surface area contributed by atoms with Crippen molar-refractivity contribution in [1.29, 1.82) is 0 Å². The molecule has 0 aliphatic heterocycles. The van der Waals surface area contributed by atoms with Crippen LogP contribution in [-0.4, -0.2) is 32.9 Å². The van der Waals surface area contributed by atoms with Gasteiger partial charge in [-0.2, -0.15) is 0 Å². The van der Waals surface area contributed by atoms with Crippen molar-refractivity contribution in [2.24, 2.45) is 5.73 Å². The SMILES string of the molecule is CC(CCC(=O)O)Nc1ncc([N+](=O)[O-])cc1C(N)=O. The molecule has 9 heteroatoms. The predicted octanol–water partition coefficient (Wildman–Crippen LogP) is 0.754. The fourth-order valence-corrected chi connectivity index (χ4v) is 1.50. The van der Waals surface area contributed by atoms with Gasteiger partial charge in [-0.15, -0.1) is 0 Å². The third kappa shape index (κ3) is 4.19. The molecule has 9 nitrogen and oxygen atoms in total. The zero-order chi connectivity index (χ0) is 15.3. The van der Waals surface area contributed by atoms with Gasteiger partial charge in [0.05, 0.1) is 10.5 Å². The molecule has 20 heavy (non-hydrogen) atoms. The van der Waals surface area contributed by atoms with Crippen LogP contribution in [0.15, 0.2) is 12.3 Å². The maximum absolute atomic E-state index is 11.3. The van der Waals surface area contributed by atoms with E-state index in [4.69, 9.17) is 10.8 Å². The largest absolute Gasteiger partial charge is 0.481 e. The summed E-state index contributed by atoms with van der Waals surface area (Å²) >= 11 is 0. The number of carboxylic acids is 1. The number of aliphatic carboxylic acids is 1. The molecule has 0 aliphatic carbocycles. The summed E-state index contributed by atoms with van der Waals surface area (Å²) in [5, 5.41) is 22.0. The quantitative estimate of drug-likeness (QED) is 0.493. The number of aromatic nitrogens is 1. The summed E-state index contributed by atoms with van der Waals surface area (Å²) < 4.78 is 0. The van der Waals surface area contributed by atoms with Gasteiger partial charge in [0.2, 0.25) is 0 Å². The predicted molar refractivity (Wildman–Crippen MR) is 69.4 cm³/mol. The Hall–Kier alpha value is -2.71. The molecule has 1 unspecified atom stereocenters. The number of rotatable bonds is 7. The second-order valence-corrected chi connectivity index (χ2v) is 4.19. The van der Waals surface area contributed by atoms with Crippen LogP contribution in [0, 0.1) is 10.1 Å². The molecular weight excluding hydrogens is 268 g/mol. The second-order valence-electron chi connectivity index (χ2n) is 4.19. The minimum Gasteiger partial charge on any atom is -0.481 e. The first-order chi connectivity index (χ1) is 9.31. The van der Waals surface area contributed by atoms with Crippen LogP contribution >= 0.6 is 0 Å². The lowest BCUT2D eigenvalue weighted by Gasteiger charge is -2.15. The van der Waals surface area contributed by atoms with E-state index in [9.17, 15) is 19.7 Å². The monoisotopic (exact) mass is 282 g/mol. The van der Waals surface area contributed by atoms with Crippen LogP contribution in [0.4, 0.5) is 11.5 Å². The fraction of sp³-hybridized carbons (Fsp3) is 0.364. The van der Waals surface area contributed by atoms with Crippen LogP contribution in [-0.2, 0) is 4.79 Å². The van der Waals surface area contributed by atoms with Crippen molar-refractivity contribution in [2.45, 2.75) is 25.8 Å². The highest BCUT2D eigenvalue weighted by Gasteiger charge is 2.17. The van der Waals surface area contributed by atoms with Crippen LogP contribution in [0.25, 0.3) is 0 Å². The van der Waals surface area contributed by atoms with Gasteiger partial charge in [-0.1, -0.05) is 0 Å². The van der Waals surface area contributed by atoms with Gasteiger partial charge < -0.3 is 16.2 Å². The van der Waals surface area contributed by atoms with Crippen molar-refractivity contribution in [1.82, 2.24) is 4.98 Å². The Bertz CT molecular complexity index is 546. The maximum Gasteiger partial charge on any atom is 0.303 e. The molecule has 4 N–H and O–H groups in total. The molecule has 1 heterocycles. The molecule has 0 aromatic carbocycles. The van der Waals surface area contributed by atoms with Crippen molar-refractivity contribution < 1.29 is 19.6 Å². The molecule has 1 amide bonds. The summed E-state index contributed by atoms with van der Waals surface area (Å²) in [5.41, 5.74) is 4.69. The summed E-state index contributed by atoms with van der Waals surface area (Å²) in [6.07, 6.45) is 1.26. The van der Waals surface area contributed by atoms with Crippen LogP contribution < -0.4 is 11.1 Å². The standard InChI is InChI=1S/C11H14N4O5/c1-6(2-3-9(16)17)14-11-8(10(12)18)4-7(5-13-11)15(19)20/h4-6H,2-3H2,1H3,(H2,12,18)(H,13,14)(H,16,17). The lowest BCUT2D eigenvalue weighted by Crippen LogP contribution is -2.22. The lowest BCUT2D eigenvalue weighted by atomic mass is 10.1. The minimum atomic E-state index is -0.939. The molecule has 108 valence electrons. The summed E-state index contributed by atoms with van der Waals surface area (Å²) in [6.45, 7) is 1.71. The van der Waals surface area contributed by atoms with Crippen LogP contribution in [0.2, 0.25) is 0 Å². The van der Waals surface area contributed by atoms with Crippen LogP contribution in [0.1, 0.15) is 30.1 Å². The van der Waals surface area contributed by atoms with Crippen LogP contribution in [0.5, 0.6) is 0 Å². The summed E-state index contributed by atoms with van der Waals surface area (Å²) in [7, 11) is 0. The number of nitrogens with two attached hydrogens (primary N) is 1. The number of anilines is 1. The number of hydrogen-bond acceptors (Lipinski definition) is 6. The molecule has 1 aromatic heterocycles. The molecule has 0 aliphatic rings. The fourth-order valence-electron chi connectivity index (χ4n) is 1.50. The zero-order valence-corrected chi connectivity index (χ0v) is 10.7. The molecule has 1 aromatic rings. The van der Waals surface area contributed by atoms with Gasteiger partial charge in [0.1, 0.15) is 12.0 Å². The number of nitrogens with one attached hydrogen (secondary N) is 1. The Morgan fingerprint density at radius 3 is 2.75 bits per heavy atom. The molecule has 0 radical (unpaired) electrons. The van der Waals surface area contributed by atoms with E-state index in [2.05, 4.69) is 10.3 Å². The number of pyridine rings is 1. The first-order valence-corrected chi connectivity index (χ1v) is 5.73. The number of hydrogen-bond donors (Lipinski definition) is 3. The zero-order valence-electron chi connectivity index (χ0n) is 10.7. The highest BCUT2D eigenvalue weighted by molar-refractivity contribution is 5.98. The maximum atomic E-state index is 11.3. The number of carbonyl (C=O) groups excluding carboxylic acids is 1. The van der Waals surface area contributed by atoms with E-state index >= 15 is 0 Å². The van der Waals surface area contributed by atoms with Gasteiger partial charge >= 0.3 is 5.97 Å². The van der Waals surface area contributed by atoms with E-state index in [0.717, 1.165) is 12.3 Å². The molecule has 0 saturated carbocycles. The summed E-state index contributed by atoms with van der Waals surface area (Å²) in [4.78, 5) is 35.4. The highest BCUT2D eigenvalue weighted by Crippen LogP contribution is 2.20. The topological polar surface area (TPSA) is 148 Å². The molecular formula is C11H14N4O5. The van der Waals surface area contributed by atoms with E-state index in [1.54, 1.807) is 6.92 Å². The molecule has 1 rings (SSSR count).